The van der Waals surface area contributed by atoms with Crippen molar-refractivity contribution in [3.8, 4) is 11.5 Å². The van der Waals surface area contributed by atoms with Gasteiger partial charge in [0.25, 0.3) is 5.89 Å². The lowest BCUT2D eigenvalue weighted by Crippen LogP contribution is -2.07. The van der Waals surface area contributed by atoms with Gasteiger partial charge in [-0.25, -0.2) is 9.97 Å². The second-order valence-electron chi connectivity index (χ2n) is 4.54. The van der Waals surface area contributed by atoms with Gasteiger partial charge in [-0.1, -0.05) is 19.0 Å². The minimum Gasteiger partial charge on any atom is -0.369 e. The number of anilines is 1. The third-order valence-electron chi connectivity index (χ3n) is 2.48. The summed E-state index contributed by atoms with van der Waals surface area (Å²) in [5.74, 6) is 2.42. The van der Waals surface area contributed by atoms with Gasteiger partial charge in [-0.05, 0) is 19.3 Å². The predicted molar refractivity (Wildman–Crippen MR) is 68.0 cm³/mol. The summed E-state index contributed by atoms with van der Waals surface area (Å²) in [7, 11) is 0. The van der Waals surface area contributed by atoms with Crippen LogP contribution in [0, 0.1) is 12.8 Å². The molecule has 0 saturated carbocycles. The highest BCUT2D eigenvalue weighted by atomic mass is 16.5. The Kier molecular flexibility index (Phi) is 3.86. The van der Waals surface area contributed by atoms with E-state index in [0.29, 0.717) is 17.6 Å². The standard InChI is InChI=1S/C12H17N5O/c1-8(2)4-5-14-11-10(6-13-7-15-11)12-16-9(3)17-18-12/h6-8H,4-5H2,1-3H3,(H,13,14,15). The van der Waals surface area contributed by atoms with Crippen LogP contribution in [-0.4, -0.2) is 26.7 Å². The first kappa shape index (κ1) is 12.5. The van der Waals surface area contributed by atoms with Gasteiger partial charge < -0.3 is 9.84 Å². The maximum absolute atomic E-state index is 5.14. The maximum Gasteiger partial charge on any atom is 0.263 e. The molecule has 0 atom stereocenters. The molecule has 0 bridgehead atoms. The summed E-state index contributed by atoms with van der Waals surface area (Å²) in [6.45, 7) is 7.01. The van der Waals surface area contributed by atoms with Crippen molar-refractivity contribution in [3.63, 3.8) is 0 Å². The number of hydrogen-bond donors (Lipinski definition) is 1. The topological polar surface area (TPSA) is 76.7 Å². The average Bonchev–Trinajstić information content (AvgIpc) is 2.76. The normalized spacial score (nSPS) is 10.9. The Morgan fingerprint density at radius 2 is 2.22 bits per heavy atom. The average molecular weight is 247 g/mol. The smallest absolute Gasteiger partial charge is 0.263 e. The van der Waals surface area contributed by atoms with Crippen LogP contribution in [0.3, 0.4) is 0 Å². The van der Waals surface area contributed by atoms with Gasteiger partial charge in [0.1, 0.15) is 17.7 Å². The number of nitrogens with zero attached hydrogens (tertiary/aromatic N) is 4. The van der Waals surface area contributed by atoms with Gasteiger partial charge >= 0.3 is 0 Å². The van der Waals surface area contributed by atoms with Crippen molar-refractivity contribution in [3.05, 3.63) is 18.3 Å². The monoisotopic (exact) mass is 247 g/mol. The molecule has 0 spiro atoms. The molecule has 0 aromatic carbocycles. The molecule has 6 nitrogen and oxygen atoms in total. The number of hydrogen-bond acceptors (Lipinski definition) is 6. The lowest BCUT2D eigenvalue weighted by molar-refractivity contribution is 0.425. The van der Waals surface area contributed by atoms with Crippen molar-refractivity contribution < 1.29 is 4.52 Å². The molecule has 0 unspecified atom stereocenters. The van der Waals surface area contributed by atoms with Gasteiger partial charge in [-0.3, -0.25) is 0 Å². The van der Waals surface area contributed by atoms with Crippen molar-refractivity contribution in [2.24, 2.45) is 5.92 Å². The van der Waals surface area contributed by atoms with E-state index in [1.54, 1.807) is 13.1 Å². The van der Waals surface area contributed by atoms with E-state index in [-0.39, 0.29) is 0 Å². The summed E-state index contributed by atoms with van der Waals surface area (Å²) in [6.07, 6.45) is 4.26. The number of aryl methyl sites for hydroxylation is 1. The summed E-state index contributed by atoms with van der Waals surface area (Å²) in [5.41, 5.74) is 0.738. The van der Waals surface area contributed by atoms with E-state index in [4.69, 9.17) is 4.52 Å². The minimum absolute atomic E-state index is 0.445. The van der Waals surface area contributed by atoms with E-state index >= 15 is 0 Å². The summed E-state index contributed by atoms with van der Waals surface area (Å²) in [5, 5.41) is 7.05. The summed E-state index contributed by atoms with van der Waals surface area (Å²) in [6, 6.07) is 0. The van der Waals surface area contributed by atoms with Crippen LogP contribution in [0.2, 0.25) is 0 Å². The fourth-order valence-corrected chi connectivity index (χ4v) is 1.51. The number of aromatic nitrogens is 4. The Balaban J connectivity index is 2.15. The fourth-order valence-electron chi connectivity index (χ4n) is 1.51. The highest BCUT2D eigenvalue weighted by Gasteiger charge is 2.12. The highest BCUT2D eigenvalue weighted by Crippen LogP contribution is 2.23. The molecule has 96 valence electrons. The van der Waals surface area contributed by atoms with Crippen molar-refractivity contribution in [1.82, 2.24) is 20.1 Å². The quantitative estimate of drug-likeness (QED) is 0.873. The second-order valence-corrected chi connectivity index (χ2v) is 4.54. The van der Waals surface area contributed by atoms with E-state index in [2.05, 4.69) is 39.3 Å². The molecule has 0 aliphatic rings. The first-order valence-corrected chi connectivity index (χ1v) is 6.01. The zero-order valence-electron chi connectivity index (χ0n) is 10.8. The molecule has 0 radical (unpaired) electrons. The molecular weight excluding hydrogens is 230 g/mol. The first-order valence-electron chi connectivity index (χ1n) is 6.01. The molecule has 2 aromatic heterocycles. The van der Waals surface area contributed by atoms with Gasteiger partial charge in [-0.15, -0.1) is 0 Å². The molecule has 0 amide bonds. The lowest BCUT2D eigenvalue weighted by atomic mass is 10.1. The Hall–Kier alpha value is -1.98. The van der Waals surface area contributed by atoms with Crippen molar-refractivity contribution in [2.75, 3.05) is 11.9 Å². The molecule has 18 heavy (non-hydrogen) atoms. The number of nitrogens with one attached hydrogen (secondary N) is 1. The second kappa shape index (κ2) is 5.57. The zero-order chi connectivity index (χ0) is 13.0. The SMILES string of the molecule is Cc1noc(-c2cncnc2NCCC(C)C)n1. The predicted octanol–water partition coefficient (Wildman–Crippen LogP) is 2.29. The Morgan fingerprint density at radius 1 is 1.39 bits per heavy atom. The fraction of sp³-hybridized carbons (Fsp3) is 0.500. The van der Waals surface area contributed by atoms with E-state index in [1.807, 2.05) is 0 Å². The van der Waals surface area contributed by atoms with Gasteiger partial charge in [0.05, 0.1) is 0 Å². The van der Waals surface area contributed by atoms with Crippen LogP contribution in [0.1, 0.15) is 26.1 Å². The van der Waals surface area contributed by atoms with Gasteiger partial charge in [0.15, 0.2) is 5.82 Å². The van der Waals surface area contributed by atoms with E-state index in [0.717, 1.165) is 24.3 Å². The van der Waals surface area contributed by atoms with Crippen molar-refractivity contribution in [2.45, 2.75) is 27.2 Å². The highest BCUT2D eigenvalue weighted by molar-refractivity contribution is 5.67. The first-order chi connectivity index (χ1) is 8.66. The van der Waals surface area contributed by atoms with Crippen LogP contribution < -0.4 is 5.32 Å². The molecule has 0 saturated heterocycles. The summed E-state index contributed by atoms with van der Waals surface area (Å²) in [4.78, 5) is 12.4. The third kappa shape index (κ3) is 3.03. The van der Waals surface area contributed by atoms with E-state index in [1.165, 1.54) is 6.33 Å². The minimum atomic E-state index is 0.445. The van der Waals surface area contributed by atoms with Crippen LogP contribution in [0.15, 0.2) is 17.0 Å². The van der Waals surface area contributed by atoms with Crippen molar-refractivity contribution >= 4 is 5.82 Å². The Bertz CT molecular complexity index is 509. The Labute approximate surface area is 106 Å². The van der Waals surface area contributed by atoms with E-state index < -0.39 is 0 Å². The van der Waals surface area contributed by atoms with Gasteiger partial charge in [0.2, 0.25) is 0 Å². The molecule has 2 aromatic rings. The molecule has 6 heteroatoms. The molecule has 0 fully saturated rings. The molecular formula is C12H17N5O. The van der Waals surface area contributed by atoms with Crippen LogP contribution in [-0.2, 0) is 0 Å². The van der Waals surface area contributed by atoms with Crippen LogP contribution in [0.5, 0.6) is 0 Å². The number of rotatable bonds is 5. The van der Waals surface area contributed by atoms with E-state index in [9.17, 15) is 0 Å². The van der Waals surface area contributed by atoms with Crippen LogP contribution in [0.25, 0.3) is 11.5 Å². The molecule has 2 heterocycles. The Morgan fingerprint density at radius 3 is 2.89 bits per heavy atom. The third-order valence-corrected chi connectivity index (χ3v) is 2.48. The largest absolute Gasteiger partial charge is 0.369 e. The zero-order valence-corrected chi connectivity index (χ0v) is 10.8. The van der Waals surface area contributed by atoms with Crippen molar-refractivity contribution in [1.29, 1.82) is 0 Å². The van der Waals surface area contributed by atoms with Gasteiger partial charge in [-0.2, -0.15) is 4.98 Å². The van der Waals surface area contributed by atoms with Crippen LogP contribution >= 0.6 is 0 Å². The molecule has 0 aliphatic carbocycles. The van der Waals surface area contributed by atoms with Gasteiger partial charge in [0, 0.05) is 12.7 Å². The summed E-state index contributed by atoms with van der Waals surface area (Å²) < 4.78 is 5.14. The summed E-state index contributed by atoms with van der Waals surface area (Å²) >= 11 is 0. The van der Waals surface area contributed by atoms with Crippen LogP contribution in [0.4, 0.5) is 5.82 Å². The lowest BCUT2D eigenvalue weighted by Gasteiger charge is -2.09. The molecule has 0 aliphatic heterocycles. The molecule has 2 rings (SSSR count). The molecule has 1 N–H and O–H groups in total. The maximum atomic E-state index is 5.14.